The van der Waals surface area contributed by atoms with Gasteiger partial charge in [-0.1, -0.05) is 0 Å². The molecule has 0 radical (unpaired) electrons. The molecule has 0 aromatic carbocycles. The Morgan fingerprint density at radius 1 is 1.36 bits per heavy atom. The lowest BCUT2D eigenvalue weighted by molar-refractivity contribution is 0.724. The zero-order valence-corrected chi connectivity index (χ0v) is 6.88. The molecular formula is C9H14N2. The van der Waals surface area contributed by atoms with Crippen molar-refractivity contribution in [3.05, 3.63) is 30.1 Å². The van der Waals surface area contributed by atoms with E-state index in [2.05, 4.69) is 22.4 Å². The van der Waals surface area contributed by atoms with Gasteiger partial charge < -0.3 is 5.32 Å². The molecule has 0 spiro atoms. The summed E-state index contributed by atoms with van der Waals surface area (Å²) in [6.45, 7) is 1.09. The Labute approximate surface area is 67.7 Å². The van der Waals surface area contributed by atoms with Crippen LogP contribution in [0.4, 0.5) is 0 Å². The average molecular weight is 150 g/mol. The second kappa shape index (κ2) is 4.85. The molecule has 0 amide bonds. The fourth-order valence-corrected chi connectivity index (χ4v) is 1.02. The van der Waals surface area contributed by atoms with E-state index in [-0.39, 0.29) is 0 Å². The molecule has 1 heterocycles. The first-order valence-electron chi connectivity index (χ1n) is 3.97. The lowest BCUT2D eigenvalue weighted by Crippen LogP contribution is -2.08. The van der Waals surface area contributed by atoms with Gasteiger partial charge in [0.15, 0.2) is 0 Å². The van der Waals surface area contributed by atoms with Crippen molar-refractivity contribution in [2.24, 2.45) is 0 Å². The molecule has 1 aromatic rings. The Kier molecular flexibility index (Phi) is 3.62. The van der Waals surface area contributed by atoms with E-state index in [1.54, 1.807) is 0 Å². The van der Waals surface area contributed by atoms with Crippen LogP contribution in [-0.2, 0) is 6.42 Å². The maximum absolute atomic E-state index is 3.96. The maximum atomic E-state index is 3.96. The van der Waals surface area contributed by atoms with Gasteiger partial charge in [0.05, 0.1) is 0 Å². The van der Waals surface area contributed by atoms with Gasteiger partial charge in [-0.15, -0.1) is 0 Å². The third-order valence-corrected chi connectivity index (χ3v) is 1.64. The second-order valence-corrected chi connectivity index (χ2v) is 2.56. The van der Waals surface area contributed by atoms with Gasteiger partial charge >= 0.3 is 0 Å². The topological polar surface area (TPSA) is 24.9 Å². The Bertz CT molecular complexity index is 184. The first-order valence-corrected chi connectivity index (χ1v) is 3.97. The van der Waals surface area contributed by atoms with Crippen molar-refractivity contribution in [2.75, 3.05) is 13.6 Å². The van der Waals surface area contributed by atoms with Crippen molar-refractivity contribution < 1.29 is 0 Å². The lowest BCUT2D eigenvalue weighted by atomic mass is 10.1. The number of nitrogens with zero attached hydrogens (tertiary/aromatic N) is 1. The van der Waals surface area contributed by atoms with Crippen molar-refractivity contribution >= 4 is 0 Å². The van der Waals surface area contributed by atoms with Crippen molar-refractivity contribution in [1.82, 2.24) is 10.3 Å². The quantitative estimate of drug-likeness (QED) is 0.653. The average Bonchev–Trinajstić information content (AvgIpc) is 2.07. The number of hydrogen-bond donors (Lipinski definition) is 1. The van der Waals surface area contributed by atoms with Crippen LogP contribution in [0.3, 0.4) is 0 Å². The van der Waals surface area contributed by atoms with Crippen LogP contribution >= 0.6 is 0 Å². The van der Waals surface area contributed by atoms with Crippen LogP contribution in [0.5, 0.6) is 0 Å². The fourth-order valence-electron chi connectivity index (χ4n) is 1.02. The first-order chi connectivity index (χ1) is 5.43. The van der Waals surface area contributed by atoms with Crippen molar-refractivity contribution in [3.63, 3.8) is 0 Å². The highest BCUT2D eigenvalue weighted by molar-refractivity contribution is 5.09. The zero-order valence-electron chi connectivity index (χ0n) is 6.88. The molecule has 0 atom stereocenters. The minimum atomic E-state index is 1.09. The standard InChI is InChI=1S/C9H14N2/c1-10-6-2-3-9-4-7-11-8-5-9/h4-5,7-8,10H,2-3,6H2,1H3. The van der Waals surface area contributed by atoms with Crippen LogP contribution in [0.1, 0.15) is 12.0 Å². The fraction of sp³-hybridized carbons (Fsp3) is 0.444. The molecule has 0 saturated carbocycles. The highest BCUT2D eigenvalue weighted by atomic mass is 14.8. The molecule has 1 N–H and O–H groups in total. The molecule has 1 aromatic heterocycles. The minimum absolute atomic E-state index is 1.09. The number of rotatable bonds is 4. The molecule has 0 aliphatic rings. The number of hydrogen-bond acceptors (Lipinski definition) is 2. The predicted molar refractivity (Wildman–Crippen MR) is 46.5 cm³/mol. The van der Waals surface area contributed by atoms with Gasteiger partial charge in [-0.3, -0.25) is 4.98 Å². The molecule has 1 rings (SSSR count). The Hall–Kier alpha value is -0.890. The smallest absolute Gasteiger partial charge is 0.0270 e. The Morgan fingerprint density at radius 3 is 2.73 bits per heavy atom. The number of pyridine rings is 1. The Morgan fingerprint density at radius 2 is 2.09 bits per heavy atom. The summed E-state index contributed by atoms with van der Waals surface area (Å²) >= 11 is 0. The molecule has 0 bridgehead atoms. The van der Waals surface area contributed by atoms with Crippen molar-refractivity contribution in [2.45, 2.75) is 12.8 Å². The predicted octanol–water partition coefficient (Wildman–Crippen LogP) is 1.23. The highest BCUT2D eigenvalue weighted by Crippen LogP contribution is 1.99. The molecule has 11 heavy (non-hydrogen) atoms. The maximum Gasteiger partial charge on any atom is 0.0270 e. The van der Waals surface area contributed by atoms with Crippen LogP contribution < -0.4 is 5.32 Å². The number of nitrogens with one attached hydrogen (secondary N) is 1. The summed E-state index contributed by atoms with van der Waals surface area (Å²) < 4.78 is 0. The van der Waals surface area contributed by atoms with E-state index in [0.717, 1.165) is 13.0 Å². The van der Waals surface area contributed by atoms with Crippen LogP contribution in [0.25, 0.3) is 0 Å². The molecule has 0 aliphatic carbocycles. The minimum Gasteiger partial charge on any atom is -0.320 e. The highest BCUT2D eigenvalue weighted by Gasteiger charge is 1.89. The van der Waals surface area contributed by atoms with Gasteiger partial charge in [0.25, 0.3) is 0 Å². The number of aromatic nitrogens is 1. The SMILES string of the molecule is CNCCCc1ccncc1. The van der Waals surface area contributed by atoms with Gasteiger partial charge in [-0.05, 0) is 44.1 Å². The van der Waals surface area contributed by atoms with Crippen LogP contribution in [0.2, 0.25) is 0 Å². The van der Waals surface area contributed by atoms with Gasteiger partial charge in [-0.2, -0.15) is 0 Å². The van der Waals surface area contributed by atoms with Gasteiger partial charge in [-0.25, -0.2) is 0 Å². The second-order valence-electron chi connectivity index (χ2n) is 2.56. The third-order valence-electron chi connectivity index (χ3n) is 1.64. The summed E-state index contributed by atoms with van der Waals surface area (Å²) in [6.07, 6.45) is 6.02. The summed E-state index contributed by atoms with van der Waals surface area (Å²) in [6, 6.07) is 4.13. The summed E-state index contributed by atoms with van der Waals surface area (Å²) in [7, 11) is 1.98. The van der Waals surface area contributed by atoms with E-state index in [0.29, 0.717) is 0 Å². The third kappa shape index (κ3) is 3.14. The Balaban J connectivity index is 2.28. The van der Waals surface area contributed by atoms with Gasteiger partial charge in [0, 0.05) is 12.4 Å². The summed E-state index contributed by atoms with van der Waals surface area (Å²) in [4.78, 5) is 3.96. The molecule has 0 fully saturated rings. The molecule has 60 valence electrons. The monoisotopic (exact) mass is 150 g/mol. The molecule has 0 unspecified atom stereocenters. The molecule has 0 saturated heterocycles. The van der Waals surface area contributed by atoms with Crippen LogP contribution in [0, 0.1) is 0 Å². The lowest BCUT2D eigenvalue weighted by Gasteiger charge is -1.98. The summed E-state index contributed by atoms with van der Waals surface area (Å²) in [5.74, 6) is 0. The molecular weight excluding hydrogens is 136 g/mol. The van der Waals surface area contributed by atoms with E-state index in [4.69, 9.17) is 0 Å². The van der Waals surface area contributed by atoms with E-state index < -0.39 is 0 Å². The number of aryl methyl sites for hydroxylation is 1. The van der Waals surface area contributed by atoms with Gasteiger partial charge in [0.1, 0.15) is 0 Å². The molecule has 2 nitrogen and oxygen atoms in total. The molecule has 2 heteroatoms. The van der Waals surface area contributed by atoms with E-state index in [1.807, 2.05) is 19.4 Å². The molecule has 0 aliphatic heterocycles. The van der Waals surface area contributed by atoms with Crippen molar-refractivity contribution in [1.29, 1.82) is 0 Å². The van der Waals surface area contributed by atoms with E-state index in [9.17, 15) is 0 Å². The first kappa shape index (κ1) is 8.21. The largest absolute Gasteiger partial charge is 0.320 e. The van der Waals surface area contributed by atoms with Gasteiger partial charge in [0.2, 0.25) is 0 Å². The van der Waals surface area contributed by atoms with E-state index >= 15 is 0 Å². The van der Waals surface area contributed by atoms with E-state index in [1.165, 1.54) is 12.0 Å². The normalized spacial score (nSPS) is 9.91. The van der Waals surface area contributed by atoms with Crippen LogP contribution in [-0.4, -0.2) is 18.6 Å². The summed E-state index contributed by atoms with van der Waals surface area (Å²) in [5, 5.41) is 3.12. The summed E-state index contributed by atoms with van der Waals surface area (Å²) in [5.41, 5.74) is 1.37. The van der Waals surface area contributed by atoms with Crippen molar-refractivity contribution in [3.8, 4) is 0 Å². The zero-order chi connectivity index (χ0) is 7.94. The van der Waals surface area contributed by atoms with Crippen LogP contribution in [0.15, 0.2) is 24.5 Å².